The first-order valence-corrected chi connectivity index (χ1v) is 8.83. The van der Waals surface area contributed by atoms with Crippen molar-refractivity contribution in [2.75, 3.05) is 30.7 Å². The largest absolute Gasteiger partial charge is 0.383 e. The lowest BCUT2D eigenvalue weighted by molar-refractivity contribution is -0.145. The van der Waals surface area contributed by atoms with Gasteiger partial charge in [0.05, 0.1) is 29.0 Å². The summed E-state index contributed by atoms with van der Waals surface area (Å²) in [5, 5.41) is 9.93. The lowest BCUT2D eigenvalue weighted by Gasteiger charge is -2.43. The molecule has 2 amide bonds. The van der Waals surface area contributed by atoms with E-state index < -0.39 is 11.8 Å². The molecule has 4 N–H and O–H groups in total. The summed E-state index contributed by atoms with van der Waals surface area (Å²) in [5.41, 5.74) is 7.00. The number of H-pyrrole nitrogens is 1. The molecule has 1 unspecified atom stereocenters. The summed E-state index contributed by atoms with van der Waals surface area (Å²) < 4.78 is 0. The van der Waals surface area contributed by atoms with Crippen LogP contribution in [0.3, 0.4) is 0 Å². The second-order valence-electron chi connectivity index (χ2n) is 7.46. The van der Waals surface area contributed by atoms with Gasteiger partial charge in [-0.05, 0) is 26.7 Å². The SMILES string of the molecule is CC1CN(C(=O)C(=O)Nc2cnc(N)c3cn[nH]c23)CCN1C1(C)CC1. The summed E-state index contributed by atoms with van der Waals surface area (Å²) in [6.07, 6.45) is 5.37. The van der Waals surface area contributed by atoms with Crippen molar-refractivity contribution in [3.63, 3.8) is 0 Å². The number of nitrogens with zero attached hydrogens (tertiary/aromatic N) is 4. The lowest BCUT2D eigenvalue weighted by atomic mass is 10.1. The Labute approximate surface area is 150 Å². The molecule has 2 aromatic rings. The molecular weight excluding hydrogens is 334 g/mol. The number of amides is 2. The molecular formula is C17H23N7O2. The Morgan fingerprint density at radius 3 is 2.81 bits per heavy atom. The average Bonchev–Trinajstić information content (AvgIpc) is 3.16. The van der Waals surface area contributed by atoms with Crippen molar-refractivity contribution in [2.45, 2.75) is 38.3 Å². The van der Waals surface area contributed by atoms with Crippen LogP contribution in [0.2, 0.25) is 0 Å². The molecule has 1 saturated heterocycles. The normalized spacial score (nSPS) is 22.4. The van der Waals surface area contributed by atoms with Gasteiger partial charge in [0, 0.05) is 31.2 Å². The molecule has 138 valence electrons. The maximum absolute atomic E-state index is 12.6. The standard InChI is InChI=1S/C17H23N7O2/c1-10-9-23(5-6-24(10)17(2)3-4-17)16(26)15(25)21-12-8-19-14(18)11-7-20-22-13(11)12/h7-8,10H,3-6,9H2,1-2H3,(H2,18,19)(H,20,22)(H,21,25). The average molecular weight is 357 g/mol. The van der Waals surface area contributed by atoms with Crippen LogP contribution in [0.1, 0.15) is 26.7 Å². The Morgan fingerprint density at radius 2 is 2.12 bits per heavy atom. The molecule has 1 saturated carbocycles. The maximum Gasteiger partial charge on any atom is 0.314 e. The van der Waals surface area contributed by atoms with Crippen LogP contribution in [0.25, 0.3) is 10.9 Å². The third-order valence-electron chi connectivity index (χ3n) is 5.54. The molecule has 0 radical (unpaired) electrons. The minimum atomic E-state index is -0.675. The molecule has 1 aliphatic heterocycles. The molecule has 0 spiro atoms. The quantitative estimate of drug-likeness (QED) is 0.676. The van der Waals surface area contributed by atoms with Crippen LogP contribution in [-0.2, 0) is 9.59 Å². The van der Waals surface area contributed by atoms with E-state index in [1.807, 2.05) is 0 Å². The Morgan fingerprint density at radius 1 is 1.35 bits per heavy atom. The number of nitrogens with one attached hydrogen (secondary N) is 2. The van der Waals surface area contributed by atoms with Crippen LogP contribution in [0.15, 0.2) is 12.4 Å². The van der Waals surface area contributed by atoms with Gasteiger partial charge in [0.1, 0.15) is 5.82 Å². The van der Waals surface area contributed by atoms with E-state index in [-0.39, 0.29) is 11.6 Å². The first-order chi connectivity index (χ1) is 12.4. The Kier molecular flexibility index (Phi) is 3.83. The van der Waals surface area contributed by atoms with Gasteiger partial charge in [0.15, 0.2) is 0 Å². The number of rotatable bonds is 2. The van der Waals surface area contributed by atoms with Crippen molar-refractivity contribution in [1.29, 1.82) is 0 Å². The number of aromatic amines is 1. The Bertz CT molecular complexity index is 873. The van der Waals surface area contributed by atoms with Crippen LogP contribution in [0.5, 0.6) is 0 Å². The number of carbonyl (C=O) groups is 2. The first-order valence-electron chi connectivity index (χ1n) is 8.83. The van der Waals surface area contributed by atoms with Gasteiger partial charge in [-0.3, -0.25) is 19.6 Å². The number of hydrogen-bond acceptors (Lipinski definition) is 6. The van der Waals surface area contributed by atoms with Gasteiger partial charge >= 0.3 is 11.8 Å². The van der Waals surface area contributed by atoms with Gasteiger partial charge in [-0.15, -0.1) is 0 Å². The fraction of sp³-hybridized carbons (Fsp3) is 0.529. The fourth-order valence-corrected chi connectivity index (χ4v) is 3.78. The molecule has 1 atom stereocenters. The van der Waals surface area contributed by atoms with Crippen LogP contribution < -0.4 is 11.1 Å². The second-order valence-corrected chi connectivity index (χ2v) is 7.46. The highest BCUT2D eigenvalue weighted by molar-refractivity contribution is 6.40. The number of nitrogen functional groups attached to an aromatic ring is 1. The number of carbonyl (C=O) groups excluding carboxylic acids is 2. The van der Waals surface area contributed by atoms with E-state index in [0.29, 0.717) is 35.5 Å². The number of anilines is 2. The van der Waals surface area contributed by atoms with Gasteiger partial charge < -0.3 is 16.0 Å². The van der Waals surface area contributed by atoms with Crippen molar-refractivity contribution in [2.24, 2.45) is 0 Å². The summed E-state index contributed by atoms with van der Waals surface area (Å²) in [6.45, 7) is 6.29. The molecule has 4 rings (SSSR count). The Hall–Kier alpha value is -2.68. The summed E-state index contributed by atoms with van der Waals surface area (Å²) in [6, 6.07) is 0.241. The zero-order valence-corrected chi connectivity index (χ0v) is 15.0. The van der Waals surface area contributed by atoms with Crippen LogP contribution in [0, 0.1) is 0 Å². The summed E-state index contributed by atoms with van der Waals surface area (Å²) in [7, 11) is 0. The zero-order valence-electron chi connectivity index (χ0n) is 15.0. The van der Waals surface area contributed by atoms with Crippen molar-refractivity contribution < 1.29 is 9.59 Å². The summed E-state index contributed by atoms with van der Waals surface area (Å²) in [5.74, 6) is -0.885. The molecule has 9 heteroatoms. The molecule has 0 bridgehead atoms. The van der Waals surface area contributed by atoms with E-state index in [4.69, 9.17) is 5.73 Å². The van der Waals surface area contributed by atoms with Gasteiger partial charge in [0.25, 0.3) is 0 Å². The predicted octanol–water partition coefficient (Wildman–Crippen LogP) is 0.564. The highest BCUT2D eigenvalue weighted by Crippen LogP contribution is 2.42. The van der Waals surface area contributed by atoms with E-state index in [0.717, 1.165) is 6.54 Å². The van der Waals surface area contributed by atoms with E-state index in [9.17, 15) is 9.59 Å². The highest BCUT2D eigenvalue weighted by atomic mass is 16.2. The van der Waals surface area contributed by atoms with E-state index in [1.54, 1.807) is 4.90 Å². The number of nitrogens with two attached hydrogens (primary N) is 1. The molecule has 2 aliphatic rings. The molecule has 0 aromatic carbocycles. The maximum atomic E-state index is 12.6. The molecule has 26 heavy (non-hydrogen) atoms. The number of piperazine rings is 1. The van der Waals surface area contributed by atoms with E-state index in [2.05, 4.69) is 39.2 Å². The topological polar surface area (TPSA) is 120 Å². The fourth-order valence-electron chi connectivity index (χ4n) is 3.78. The Balaban J connectivity index is 1.44. The van der Waals surface area contributed by atoms with Gasteiger partial charge in [-0.1, -0.05) is 0 Å². The number of pyridine rings is 1. The van der Waals surface area contributed by atoms with Gasteiger partial charge in [-0.2, -0.15) is 5.10 Å². The number of aromatic nitrogens is 3. The van der Waals surface area contributed by atoms with Gasteiger partial charge in [0.2, 0.25) is 0 Å². The summed E-state index contributed by atoms with van der Waals surface area (Å²) >= 11 is 0. The molecule has 2 fully saturated rings. The predicted molar refractivity (Wildman–Crippen MR) is 97.3 cm³/mol. The monoisotopic (exact) mass is 357 g/mol. The van der Waals surface area contributed by atoms with Crippen molar-refractivity contribution >= 4 is 34.2 Å². The number of fused-ring (bicyclic) bond motifs is 1. The van der Waals surface area contributed by atoms with Gasteiger partial charge in [-0.25, -0.2) is 4.98 Å². The molecule has 3 heterocycles. The number of hydrogen-bond donors (Lipinski definition) is 3. The van der Waals surface area contributed by atoms with Crippen molar-refractivity contribution in [3.05, 3.63) is 12.4 Å². The smallest absolute Gasteiger partial charge is 0.314 e. The van der Waals surface area contributed by atoms with Crippen molar-refractivity contribution in [3.8, 4) is 0 Å². The van der Waals surface area contributed by atoms with E-state index >= 15 is 0 Å². The third-order valence-corrected chi connectivity index (χ3v) is 5.54. The van der Waals surface area contributed by atoms with Crippen LogP contribution in [0.4, 0.5) is 11.5 Å². The minimum Gasteiger partial charge on any atom is -0.383 e. The zero-order chi connectivity index (χ0) is 18.5. The highest BCUT2D eigenvalue weighted by Gasteiger charge is 2.47. The van der Waals surface area contributed by atoms with Crippen LogP contribution in [-0.4, -0.2) is 68.0 Å². The van der Waals surface area contributed by atoms with E-state index in [1.165, 1.54) is 25.2 Å². The third kappa shape index (κ3) is 2.78. The minimum absolute atomic E-state index is 0.241. The first kappa shape index (κ1) is 16.8. The van der Waals surface area contributed by atoms with Crippen LogP contribution >= 0.6 is 0 Å². The lowest BCUT2D eigenvalue weighted by Crippen LogP contribution is -2.58. The molecule has 2 aromatic heterocycles. The van der Waals surface area contributed by atoms with Crippen molar-refractivity contribution in [1.82, 2.24) is 25.0 Å². The molecule has 1 aliphatic carbocycles. The molecule has 9 nitrogen and oxygen atoms in total. The second kappa shape index (κ2) is 5.94. The summed E-state index contributed by atoms with van der Waals surface area (Å²) in [4.78, 5) is 33.1.